The number of hydrogen-bond acceptors (Lipinski definition) is 3. The van der Waals surface area contributed by atoms with Crippen LogP contribution in [-0.4, -0.2) is 36.0 Å². The molecule has 0 spiro atoms. The Balaban J connectivity index is 1.68. The van der Waals surface area contributed by atoms with Gasteiger partial charge >= 0.3 is 5.97 Å². The van der Waals surface area contributed by atoms with Crippen molar-refractivity contribution in [3.63, 3.8) is 0 Å². The molecule has 0 radical (unpaired) electrons. The average Bonchev–Trinajstić information content (AvgIpc) is 3.12. The number of nitrogens with zero attached hydrogens (tertiary/aromatic N) is 1. The number of carbonyl (C=O) groups is 2. The summed E-state index contributed by atoms with van der Waals surface area (Å²) in [6, 6.07) is 2.77. The zero-order chi connectivity index (χ0) is 18.0. The lowest BCUT2D eigenvalue weighted by molar-refractivity contribution is -0.154. The molecule has 1 amide bonds. The molecular weight excluding hydrogens is 328 g/mol. The van der Waals surface area contributed by atoms with Gasteiger partial charge in [0.2, 0.25) is 5.91 Å². The summed E-state index contributed by atoms with van der Waals surface area (Å²) in [6.45, 7) is 2.62. The van der Waals surface area contributed by atoms with E-state index in [0.29, 0.717) is 18.0 Å². The fraction of sp³-hybridized carbons (Fsp3) is 0.579. The maximum Gasteiger partial charge on any atom is 0.329 e. The molecule has 0 aromatic heterocycles. The number of hydrogen-bond donors (Lipinski definition) is 0. The zero-order valence-corrected chi connectivity index (χ0v) is 14.3. The van der Waals surface area contributed by atoms with E-state index in [0.717, 1.165) is 25.3 Å². The first-order chi connectivity index (χ1) is 12.0. The highest BCUT2D eigenvalue weighted by Crippen LogP contribution is 2.42. The van der Waals surface area contributed by atoms with Crippen LogP contribution in [0.1, 0.15) is 38.2 Å². The molecule has 1 aliphatic heterocycles. The Kier molecular flexibility index (Phi) is 5.35. The van der Waals surface area contributed by atoms with E-state index in [1.54, 1.807) is 11.8 Å². The molecule has 0 bridgehead atoms. The molecule has 3 rings (SSSR count). The van der Waals surface area contributed by atoms with Crippen molar-refractivity contribution >= 4 is 11.9 Å². The summed E-state index contributed by atoms with van der Waals surface area (Å²) < 4.78 is 31.7. The van der Waals surface area contributed by atoms with Gasteiger partial charge in [-0.25, -0.2) is 13.6 Å². The Morgan fingerprint density at radius 3 is 2.60 bits per heavy atom. The highest BCUT2D eigenvalue weighted by atomic mass is 19.1. The Morgan fingerprint density at radius 2 is 1.92 bits per heavy atom. The van der Waals surface area contributed by atoms with Gasteiger partial charge in [0.25, 0.3) is 0 Å². The van der Waals surface area contributed by atoms with Crippen LogP contribution in [0.15, 0.2) is 18.2 Å². The predicted octanol–water partition coefficient (Wildman–Crippen LogP) is 3.09. The van der Waals surface area contributed by atoms with E-state index in [-0.39, 0.29) is 37.2 Å². The number of benzene rings is 1. The van der Waals surface area contributed by atoms with Gasteiger partial charge in [-0.15, -0.1) is 0 Å². The summed E-state index contributed by atoms with van der Waals surface area (Å²) in [5, 5.41) is 0. The van der Waals surface area contributed by atoms with Gasteiger partial charge in [0.15, 0.2) is 0 Å². The number of ether oxygens (including phenoxy) is 1. The Labute approximate surface area is 146 Å². The molecular formula is C19H23F2NO3. The van der Waals surface area contributed by atoms with E-state index in [2.05, 4.69) is 0 Å². The van der Waals surface area contributed by atoms with Crippen molar-refractivity contribution in [3.8, 4) is 0 Å². The third-order valence-corrected chi connectivity index (χ3v) is 5.29. The monoisotopic (exact) mass is 351 g/mol. The third kappa shape index (κ3) is 3.83. The number of halogens is 2. The van der Waals surface area contributed by atoms with Crippen LogP contribution < -0.4 is 0 Å². The molecule has 6 heteroatoms. The average molecular weight is 351 g/mol. The lowest BCUT2D eigenvalue weighted by atomic mass is 9.94. The number of carbonyl (C=O) groups excluding carboxylic acids is 2. The number of likely N-dealkylation sites (tertiary alicyclic amines) is 1. The van der Waals surface area contributed by atoms with Crippen LogP contribution in [0.25, 0.3) is 0 Å². The fourth-order valence-corrected chi connectivity index (χ4v) is 4.24. The van der Waals surface area contributed by atoms with E-state index in [9.17, 15) is 18.4 Å². The predicted molar refractivity (Wildman–Crippen MR) is 87.6 cm³/mol. The third-order valence-electron chi connectivity index (χ3n) is 5.29. The molecule has 1 aliphatic carbocycles. The van der Waals surface area contributed by atoms with Gasteiger partial charge in [-0.1, -0.05) is 6.42 Å². The van der Waals surface area contributed by atoms with E-state index in [1.807, 2.05) is 0 Å². The van der Waals surface area contributed by atoms with Crippen LogP contribution in [0.5, 0.6) is 0 Å². The first-order valence-corrected chi connectivity index (χ1v) is 8.90. The van der Waals surface area contributed by atoms with Crippen LogP contribution in [0.3, 0.4) is 0 Å². The second-order valence-electron chi connectivity index (χ2n) is 6.88. The van der Waals surface area contributed by atoms with Gasteiger partial charge in [0, 0.05) is 19.0 Å². The number of rotatable bonds is 5. The smallest absolute Gasteiger partial charge is 0.329 e. The molecule has 25 heavy (non-hydrogen) atoms. The number of aryl methyl sites for hydroxylation is 1. The van der Waals surface area contributed by atoms with Crippen LogP contribution in [-0.2, 0) is 20.7 Å². The van der Waals surface area contributed by atoms with Crippen LogP contribution >= 0.6 is 0 Å². The Hall–Kier alpha value is -1.98. The lowest BCUT2D eigenvalue weighted by Gasteiger charge is -2.26. The molecule has 1 heterocycles. The molecule has 2 fully saturated rings. The summed E-state index contributed by atoms with van der Waals surface area (Å²) in [5.74, 6) is -1.26. The molecule has 4 nitrogen and oxygen atoms in total. The number of fused-ring (bicyclic) bond motifs is 1. The van der Waals surface area contributed by atoms with E-state index in [1.165, 1.54) is 12.1 Å². The molecule has 0 N–H and O–H groups in total. The summed E-state index contributed by atoms with van der Waals surface area (Å²) in [6.07, 6.45) is 3.41. The zero-order valence-electron chi connectivity index (χ0n) is 14.3. The first-order valence-electron chi connectivity index (χ1n) is 8.90. The van der Waals surface area contributed by atoms with Gasteiger partial charge in [-0.05, 0) is 55.7 Å². The largest absolute Gasteiger partial charge is 0.464 e. The molecule has 1 aromatic carbocycles. The van der Waals surface area contributed by atoms with Crippen molar-refractivity contribution in [3.05, 3.63) is 35.4 Å². The first kappa shape index (κ1) is 17.8. The van der Waals surface area contributed by atoms with Gasteiger partial charge in [0.05, 0.1) is 6.61 Å². The highest BCUT2D eigenvalue weighted by Gasteiger charge is 2.49. The second kappa shape index (κ2) is 7.50. The standard InChI is InChI=1S/C19H23F2NO3/c1-2-25-19(24)18-16-5-3-4-13(16)11-22(18)17(23)7-6-12-8-14(20)10-15(21)9-12/h8-10,13,16,18H,2-7,11H2,1H3/t13-,16-,18-/m0/s1. The molecule has 136 valence electrons. The Morgan fingerprint density at radius 1 is 1.20 bits per heavy atom. The van der Waals surface area contributed by atoms with Crippen LogP contribution in [0, 0.1) is 23.5 Å². The maximum absolute atomic E-state index is 13.3. The lowest BCUT2D eigenvalue weighted by Crippen LogP contribution is -2.44. The summed E-state index contributed by atoms with van der Waals surface area (Å²) in [4.78, 5) is 26.6. The second-order valence-corrected chi connectivity index (χ2v) is 6.88. The molecule has 1 aromatic rings. The summed E-state index contributed by atoms with van der Waals surface area (Å²) in [5.41, 5.74) is 0.443. The van der Waals surface area contributed by atoms with Crippen molar-refractivity contribution < 1.29 is 23.1 Å². The SMILES string of the molecule is CCOC(=O)[C@@H]1[C@H]2CCC[C@H]2CN1C(=O)CCc1cc(F)cc(F)c1. The molecule has 1 saturated carbocycles. The quantitative estimate of drug-likeness (QED) is 0.766. The van der Waals surface area contributed by atoms with E-state index >= 15 is 0 Å². The molecule has 1 saturated heterocycles. The van der Waals surface area contributed by atoms with Crippen LogP contribution in [0.4, 0.5) is 8.78 Å². The molecule has 3 atom stereocenters. The minimum atomic E-state index is -0.650. The van der Waals surface area contributed by atoms with Gasteiger partial charge in [-0.2, -0.15) is 0 Å². The minimum Gasteiger partial charge on any atom is -0.464 e. The van der Waals surface area contributed by atoms with Gasteiger partial charge in [0.1, 0.15) is 17.7 Å². The van der Waals surface area contributed by atoms with Gasteiger partial charge in [-0.3, -0.25) is 4.79 Å². The van der Waals surface area contributed by atoms with Gasteiger partial charge < -0.3 is 9.64 Å². The minimum absolute atomic E-state index is 0.123. The summed E-state index contributed by atoms with van der Waals surface area (Å²) >= 11 is 0. The van der Waals surface area contributed by atoms with Crippen molar-refractivity contribution in [2.75, 3.05) is 13.2 Å². The topological polar surface area (TPSA) is 46.6 Å². The van der Waals surface area contributed by atoms with Crippen molar-refractivity contribution in [2.45, 2.75) is 45.1 Å². The summed E-state index contributed by atoms with van der Waals surface area (Å²) in [7, 11) is 0. The normalized spacial score (nSPS) is 25.1. The Bertz CT molecular complexity index is 644. The van der Waals surface area contributed by atoms with Crippen molar-refractivity contribution in [2.24, 2.45) is 11.8 Å². The number of esters is 1. The van der Waals surface area contributed by atoms with Crippen LogP contribution in [0.2, 0.25) is 0 Å². The molecule has 2 aliphatic rings. The van der Waals surface area contributed by atoms with Crippen molar-refractivity contribution in [1.82, 2.24) is 4.90 Å². The van der Waals surface area contributed by atoms with Crippen molar-refractivity contribution in [1.29, 1.82) is 0 Å². The molecule has 0 unspecified atom stereocenters. The maximum atomic E-state index is 13.3. The highest BCUT2D eigenvalue weighted by molar-refractivity contribution is 5.85. The van der Waals surface area contributed by atoms with E-state index in [4.69, 9.17) is 4.74 Å². The fourth-order valence-electron chi connectivity index (χ4n) is 4.24. The number of amides is 1. The van der Waals surface area contributed by atoms with E-state index < -0.39 is 17.7 Å².